The van der Waals surface area contributed by atoms with Gasteiger partial charge in [-0.2, -0.15) is 0 Å². The zero-order valence-corrected chi connectivity index (χ0v) is 11.4. The van der Waals surface area contributed by atoms with Gasteiger partial charge in [0.1, 0.15) is 0 Å². The van der Waals surface area contributed by atoms with E-state index in [1.54, 1.807) is 6.07 Å². The molecule has 4 N–H and O–H groups in total. The Hall–Kier alpha value is -0.930. The van der Waals surface area contributed by atoms with E-state index in [4.69, 9.17) is 22.4 Å². The lowest BCUT2D eigenvalue weighted by molar-refractivity contribution is 0.235. The highest BCUT2D eigenvalue weighted by Crippen LogP contribution is 2.32. The first-order valence-electron chi connectivity index (χ1n) is 5.77. The molecule has 0 aliphatic carbocycles. The summed E-state index contributed by atoms with van der Waals surface area (Å²) in [6, 6.07) is 5.56. The number of rotatable bonds is 4. The largest absolute Gasteiger partial charge is 0.397 e. The van der Waals surface area contributed by atoms with Gasteiger partial charge in [0.2, 0.25) is 0 Å². The molecule has 1 aromatic carbocycles. The summed E-state index contributed by atoms with van der Waals surface area (Å²) < 4.78 is 0. The molecule has 4 heteroatoms. The summed E-state index contributed by atoms with van der Waals surface area (Å²) in [5.74, 6) is 0. The molecular weight excluding hydrogens is 236 g/mol. The number of para-hydroxylation sites is 1. The Labute approximate surface area is 108 Å². The van der Waals surface area contributed by atoms with Gasteiger partial charge in [-0.15, -0.1) is 0 Å². The quantitative estimate of drug-likeness (QED) is 0.726. The van der Waals surface area contributed by atoms with E-state index in [2.05, 4.69) is 26.1 Å². The van der Waals surface area contributed by atoms with E-state index in [0.717, 1.165) is 5.69 Å². The Balaban J connectivity index is 2.94. The summed E-state index contributed by atoms with van der Waals surface area (Å²) in [5.41, 5.74) is 7.30. The number of aliphatic hydroxyl groups excluding tert-OH is 1. The van der Waals surface area contributed by atoms with Crippen molar-refractivity contribution in [3.63, 3.8) is 0 Å². The lowest BCUT2D eigenvalue weighted by Gasteiger charge is -2.32. The second-order valence-electron chi connectivity index (χ2n) is 5.28. The van der Waals surface area contributed by atoms with E-state index >= 15 is 0 Å². The van der Waals surface area contributed by atoms with Crippen LogP contribution in [0.3, 0.4) is 0 Å². The normalized spacial score (nSPS) is 13.5. The first-order valence-corrected chi connectivity index (χ1v) is 6.15. The lowest BCUT2D eigenvalue weighted by Crippen LogP contribution is -2.35. The van der Waals surface area contributed by atoms with E-state index in [1.807, 2.05) is 12.1 Å². The van der Waals surface area contributed by atoms with Crippen molar-refractivity contribution in [3.05, 3.63) is 23.2 Å². The summed E-state index contributed by atoms with van der Waals surface area (Å²) in [4.78, 5) is 0. The minimum Gasteiger partial charge on any atom is -0.397 e. The molecule has 96 valence electrons. The molecule has 0 spiro atoms. The lowest BCUT2D eigenvalue weighted by atomic mass is 9.84. The number of hydrogen-bond acceptors (Lipinski definition) is 3. The third-order valence-electron chi connectivity index (χ3n) is 2.83. The zero-order valence-electron chi connectivity index (χ0n) is 10.6. The number of anilines is 2. The van der Waals surface area contributed by atoms with Crippen LogP contribution in [-0.2, 0) is 0 Å². The average Bonchev–Trinajstić information content (AvgIpc) is 2.20. The van der Waals surface area contributed by atoms with Crippen molar-refractivity contribution in [1.29, 1.82) is 0 Å². The minimum atomic E-state index is 0.0222. The summed E-state index contributed by atoms with van der Waals surface area (Å²) in [7, 11) is 0. The maximum atomic E-state index is 9.11. The Morgan fingerprint density at radius 2 is 2.06 bits per heavy atom. The minimum absolute atomic E-state index is 0.0222. The van der Waals surface area contributed by atoms with Crippen molar-refractivity contribution in [2.24, 2.45) is 5.41 Å². The van der Waals surface area contributed by atoms with Crippen molar-refractivity contribution in [1.82, 2.24) is 0 Å². The maximum Gasteiger partial charge on any atom is 0.0765 e. The summed E-state index contributed by atoms with van der Waals surface area (Å²) in [5, 5.41) is 13.1. The zero-order chi connectivity index (χ0) is 13.1. The highest BCUT2D eigenvalue weighted by Gasteiger charge is 2.25. The summed E-state index contributed by atoms with van der Waals surface area (Å²) in [6.45, 7) is 6.49. The van der Waals surface area contributed by atoms with Gasteiger partial charge in [-0.05, 0) is 24.0 Å². The van der Waals surface area contributed by atoms with Crippen LogP contribution in [-0.4, -0.2) is 17.8 Å². The number of aliphatic hydroxyl groups is 1. The number of nitrogen functional groups attached to an aromatic ring is 1. The predicted molar refractivity (Wildman–Crippen MR) is 74.4 cm³/mol. The van der Waals surface area contributed by atoms with Crippen LogP contribution in [0.1, 0.15) is 27.2 Å². The van der Waals surface area contributed by atoms with Gasteiger partial charge in [0, 0.05) is 12.6 Å². The number of nitrogens with two attached hydrogens (primary N) is 1. The van der Waals surface area contributed by atoms with Gasteiger partial charge in [0.25, 0.3) is 0 Å². The predicted octanol–water partition coefficient (Wildman–Crippen LogP) is 3.13. The fourth-order valence-electron chi connectivity index (χ4n) is 1.72. The molecule has 0 bridgehead atoms. The smallest absolute Gasteiger partial charge is 0.0765 e. The topological polar surface area (TPSA) is 58.3 Å². The molecule has 0 saturated carbocycles. The first-order chi connectivity index (χ1) is 7.86. The Kier molecular flexibility index (Phi) is 4.66. The van der Waals surface area contributed by atoms with Crippen LogP contribution in [0.4, 0.5) is 11.4 Å². The molecule has 1 unspecified atom stereocenters. The van der Waals surface area contributed by atoms with E-state index in [0.29, 0.717) is 17.1 Å². The van der Waals surface area contributed by atoms with E-state index < -0.39 is 0 Å². The van der Waals surface area contributed by atoms with E-state index in [9.17, 15) is 0 Å². The fraction of sp³-hybridized carbons (Fsp3) is 0.538. The highest BCUT2D eigenvalue weighted by atomic mass is 35.5. The third-order valence-corrected chi connectivity index (χ3v) is 3.14. The fourth-order valence-corrected chi connectivity index (χ4v) is 1.95. The third kappa shape index (κ3) is 3.79. The molecule has 0 radical (unpaired) electrons. The standard InChI is InChI=1S/C13H21ClN2O/c1-13(2,3)11(7-8-17)16-12-9(14)5-4-6-10(12)15/h4-6,11,16-17H,7-8,15H2,1-3H3. The molecule has 0 aliphatic heterocycles. The van der Waals surface area contributed by atoms with Gasteiger partial charge < -0.3 is 16.2 Å². The molecule has 1 atom stereocenters. The molecule has 0 fully saturated rings. The molecule has 1 aromatic rings. The first kappa shape index (κ1) is 14.1. The summed E-state index contributed by atoms with van der Waals surface area (Å²) >= 11 is 6.12. The van der Waals surface area contributed by atoms with Crippen LogP contribution in [0.25, 0.3) is 0 Å². The van der Waals surface area contributed by atoms with Gasteiger partial charge in [-0.25, -0.2) is 0 Å². The van der Waals surface area contributed by atoms with Crippen LogP contribution in [0.15, 0.2) is 18.2 Å². The average molecular weight is 257 g/mol. The SMILES string of the molecule is CC(C)(C)C(CCO)Nc1c(N)cccc1Cl. The Bertz CT molecular complexity index is 354. The molecule has 0 saturated heterocycles. The van der Waals surface area contributed by atoms with E-state index in [-0.39, 0.29) is 18.1 Å². The van der Waals surface area contributed by atoms with Crippen LogP contribution in [0.2, 0.25) is 5.02 Å². The van der Waals surface area contributed by atoms with Crippen molar-refractivity contribution in [3.8, 4) is 0 Å². The van der Waals surface area contributed by atoms with Crippen molar-refractivity contribution >= 4 is 23.0 Å². The Morgan fingerprint density at radius 3 is 2.53 bits per heavy atom. The number of halogens is 1. The number of benzene rings is 1. The summed E-state index contributed by atoms with van der Waals surface area (Å²) in [6.07, 6.45) is 0.661. The van der Waals surface area contributed by atoms with Crippen LogP contribution < -0.4 is 11.1 Å². The van der Waals surface area contributed by atoms with Crippen molar-refractivity contribution in [2.45, 2.75) is 33.2 Å². The molecule has 0 aliphatic rings. The monoisotopic (exact) mass is 256 g/mol. The van der Waals surface area contributed by atoms with Crippen LogP contribution in [0.5, 0.6) is 0 Å². The molecule has 0 heterocycles. The van der Waals surface area contributed by atoms with Crippen LogP contribution >= 0.6 is 11.6 Å². The van der Waals surface area contributed by atoms with Gasteiger partial charge in [-0.3, -0.25) is 0 Å². The molecule has 1 rings (SSSR count). The molecule has 17 heavy (non-hydrogen) atoms. The second-order valence-corrected chi connectivity index (χ2v) is 5.69. The van der Waals surface area contributed by atoms with Crippen molar-refractivity contribution in [2.75, 3.05) is 17.7 Å². The van der Waals surface area contributed by atoms with Crippen LogP contribution in [0, 0.1) is 5.41 Å². The maximum absolute atomic E-state index is 9.11. The highest BCUT2D eigenvalue weighted by molar-refractivity contribution is 6.33. The Morgan fingerprint density at radius 1 is 1.41 bits per heavy atom. The molecule has 0 aromatic heterocycles. The van der Waals surface area contributed by atoms with Gasteiger partial charge >= 0.3 is 0 Å². The molecular formula is C13H21ClN2O. The number of nitrogens with one attached hydrogen (secondary N) is 1. The molecule has 0 amide bonds. The van der Waals surface area contributed by atoms with Gasteiger partial charge in [0.05, 0.1) is 16.4 Å². The van der Waals surface area contributed by atoms with Gasteiger partial charge in [0.15, 0.2) is 0 Å². The van der Waals surface area contributed by atoms with Gasteiger partial charge in [-0.1, -0.05) is 38.4 Å². The number of hydrogen-bond donors (Lipinski definition) is 3. The second kappa shape index (κ2) is 5.61. The van der Waals surface area contributed by atoms with E-state index in [1.165, 1.54) is 0 Å². The molecule has 3 nitrogen and oxygen atoms in total. The van der Waals surface area contributed by atoms with Crippen molar-refractivity contribution < 1.29 is 5.11 Å².